The highest BCUT2D eigenvalue weighted by atomic mass is 16.2. The molecule has 0 aromatic heterocycles. The van der Waals surface area contributed by atoms with Crippen LogP contribution in [0.1, 0.15) is 65.2 Å². The molecule has 17 heavy (non-hydrogen) atoms. The number of ketones is 2. The normalized spacial score (nSPS) is 19.5. The number of hydrogen-bond acceptors (Lipinski definition) is 2. The molecule has 0 bridgehead atoms. The molecule has 0 spiro atoms. The fourth-order valence-electron chi connectivity index (χ4n) is 1.81. The van der Waals surface area contributed by atoms with Crippen LogP contribution >= 0.6 is 0 Å². The summed E-state index contributed by atoms with van der Waals surface area (Å²) in [6.45, 7) is 7.71. The van der Waals surface area contributed by atoms with E-state index in [0.717, 1.165) is 12.8 Å². The maximum atomic E-state index is 10.8. The van der Waals surface area contributed by atoms with Crippen LogP contribution in [0.15, 0.2) is 12.7 Å². The van der Waals surface area contributed by atoms with Crippen LogP contribution < -0.4 is 0 Å². The lowest BCUT2D eigenvalue weighted by Gasteiger charge is -2.13. The molecular formula is C15H26O2. The zero-order valence-corrected chi connectivity index (χ0v) is 11.3. The zero-order chi connectivity index (χ0) is 13.1. The van der Waals surface area contributed by atoms with Crippen LogP contribution in [-0.4, -0.2) is 11.6 Å². The summed E-state index contributed by atoms with van der Waals surface area (Å²) >= 11 is 0. The van der Waals surface area contributed by atoms with Crippen LogP contribution in [0.2, 0.25) is 0 Å². The van der Waals surface area contributed by atoms with Crippen molar-refractivity contribution in [3.8, 4) is 0 Å². The molecule has 98 valence electrons. The Morgan fingerprint density at radius 3 is 2.47 bits per heavy atom. The Morgan fingerprint density at radius 1 is 1.29 bits per heavy atom. The van der Waals surface area contributed by atoms with E-state index in [1.807, 2.05) is 13.0 Å². The van der Waals surface area contributed by atoms with Gasteiger partial charge in [0.25, 0.3) is 0 Å². The minimum absolute atomic E-state index is 0.00810. The highest BCUT2D eigenvalue weighted by Crippen LogP contribution is 2.16. The molecule has 1 atom stereocenters. The average molecular weight is 238 g/mol. The SMILES string of the molecule is C=CCCCCCC.CC1CCCC(=O)C1=O. The molecule has 1 unspecified atom stereocenters. The summed E-state index contributed by atoms with van der Waals surface area (Å²) in [5.74, 6) is -0.346. The van der Waals surface area contributed by atoms with E-state index in [2.05, 4.69) is 13.5 Å². The molecule has 1 fully saturated rings. The average Bonchev–Trinajstić information content (AvgIpc) is 2.33. The molecule has 0 saturated heterocycles. The first kappa shape index (κ1) is 16.1. The van der Waals surface area contributed by atoms with E-state index in [1.54, 1.807) is 0 Å². The van der Waals surface area contributed by atoms with Crippen molar-refractivity contribution in [3.05, 3.63) is 12.7 Å². The van der Waals surface area contributed by atoms with Gasteiger partial charge in [-0.1, -0.05) is 39.2 Å². The van der Waals surface area contributed by atoms with Crippen LogP contribution in [0.25, 0.3) is 0 Å². The lowest BCUT2D eigenvalue weighted by Crippen LogP contribution is -2.25. The third-order valence-corrected chi connectivity index (χ3v) is 3.03. The van der Waals surface area contributed by atoms with Crippen molar-refractivity contribution in [1.29, 1.82) is 0 Å². The van der Waals surface area contributed by atoms with Crippen molar-refractivity contribution >= 4 is 11.6 Å². The van der Waals surface area contributed by atoms with Crippen LogP contribution in [0.4, 0.5) is 0 Å². The predicted octanol–water partition coefficient (Wildman–Crippen LogP) is 4.09. The van der Waals surface area contributed by atoms with Gasteiger partial charge in [0.15, 0.2) is 5.78 Å². The molecule has 1 aliphatic rings. The molecule has 0 aromatic rings. The number of hydrogen-bond donors (Lipinski definition) is 0. The third-order valence-electron chi connectivity index (χ3n) is 3.03. The Kier molecular flexibility index (Phi) is 9.69. The number of carbonyl (C=O) groups is 2. The molecule has 2 nitrogen and oxygen atoms in total. The van der Waals surface area contributed by atoms with Gasteiger partial charge < -0.3 is 0 Å². The first-order valence-corrected chi connectivity index (χ1v) is 6.81. The van der Waals surface area contributed by atoms with Crippen molar-refractivity contribution in [3.63, 3.8) is 0 Å². The number of carbonyl (C=O) groups excluding carboxylic acids is 2. The highest BCUT2D eigenvalue weighted by molar-refractivity contribution is 6.38. The summed E-state index contributed by atoms with van der Waals surface area (Å²) in [7, 11) is 0. The second-order valence-electron chi connectivity index (χ2n) is 4.72. The maximum absolute atomic E-state index is 10.8. The van der Waals surface area contributed by atoms with Gasteiger partial charge >= 0.3 is 0 Å². The Labute approximate surface area is 105 Å². The first-order chi connectivity index (χ1) is 8.13. The maximum Gasteiger partial charge on any atom is 0.201 e. The molecule has 1 rings (SSSR count). The Bertz CT molecular complexity index is 243. The third kappa shape index (κ3) is 7.89. The summed E-state index contributed by atoms with van der Waals surface area (Å²) in [4.78, 5) is 21.4. The molecule has 0 radical (unpaired) electrons. The van der Waals surface area contributed by atoms with Gasteiger partial charge in [0, 0.05) is 12.3 Å². The molecule has 1 saturated carbocycles. The molecular weight excluding hydrogens is 212 g/mol. The standard InChI is InChI=1S/C8H16.C7H10O2/c1-3-5-7-8-6-4-2;1-5-3-2-4-6(8)7(5)9/h3H,1,4-8H2,2H3;5H,2-4H2,1H3. The highest BCUT2D eigenvalue weighted by Gasteiger charge is 2.24. The number of Topliss-reactive ketones (excluding diaryl/α,β-unsaturated/α-hetero) is 2. The summed E-state index contributed by atoms with van der Waals surface area (Å²) in [5.41, 5.74) is 0. The second kappa shape index (κ2) is 10.2. The number of rotatable bonds is 5. The van der Waals surface area contributed by atoms with Crippen molar-refractivity contribution in [1.82, 2.24) is 0 Å². The smallest absolute Gasteiger partial charge is 0.201 e. The summed E-state index contributed by atoms with van der Waals surface area (Å²) in [6, 6.07) is 0. The van der Waals surface area contributed by atoms with Crippen molar-refractivity contribution in [2.45, 2.75) is 65.2 Å². The first-order valence-electron chi connectivity index (χ1n) is 6.81. The van der Waals surface area contributed by atoms with Crippen LogP contribution in [0.3, 0.4) is 0 Å². The Hall–Kier alpha value is -0.920. The van der Waals surface area contributed by atoms with Crippen LogP contribution in [-0.2, 0) is 9.59 Å². The van der Waals surface area contributed by atoms with Crippen molar-refractivity contribution < 1.29 is 9.59 Å². The van der Waals surface area contributed by atoms with E-state index in [-0.39, 0.29) is 17.5 Å². The molecule has 0 N–H and O–H groups in total. The van der Waals surface area contributed by atoms with Gasteiger partial charge in [0.05, 0.1) is 0 Å². The molecule has 0 aliphatic heterocycles. The van der Waals surface area contributed by atoms with E-state index in [9.17, 15) is 9.59 Å². The topological polar surface area (TPSA) is 34.1 Å². The van der Waals surface area contributed by atoms with Crippen molar-refractivity contribution in [2.24, 2.45) is 5.92 Å². The molecule has 0 amide bonds. The molecule has 0 heterocycles. The number of unbranched alkanes of at least 4 members (excludes halogenated alkanes) is 4. The second-order valence-corrected chi connectivity index (χ2v) is 4.72. The monoisotopic (exact) mass is 238 g/mol. The number of allylic oxidation sites excluding steroid dienone is 1. The van der Waals surface area contributed by atoms with E-state index in [4.69, 9.17) is 0 Å². The predicted molar refractivity (Wildman–Crippen MR) is 72.0 cm³/mol. The van der Waals surface area contributed by atoms with E-state index in [1.165, 1.54) is 32.1 Å². The van der Waals surface area contributed by atoms with Gasteiger partial charge in [-0.3, -0.25) is 9.59 Å². The Balaban J connectivity index is 0.000000304. The van der Waals surface area contributed by atoms with E-state index < -0.39 is 0 Å². The van der Waals surface area contributed by atoms with E-state index in [0.29, 0.717) is 6.42 Å². The minimum Gasteiger partial charge on any atom is -0.291 e. The van der Waals surface area contributed by atoms with Gasteiger partial charge in [-0.25, -0.2) is 0 Å². The summed E-state index contributed by atoms with van der Waals surface area (Å²) < 4.78 is 0. The molecule has 2 heteroatoms. The van der Waals surface area contributed by atoms with Crippen molar-refractivity contribution in [2.75, 3.05) is 0 Å². The van der Waals surface area contributed by atoms with Gasteiger partial charge in [-0.05, 0) is 25.7 Å². The quantitative estimate of drug-likeness (QED) is 0.411. The summed E-state index contributed by atoms with van der Waals surface area (Å²) in [5, 5.41) is 0. The van der Waals surface area contributed by atoms with Gasteiger partial charge in [-0.2, -0.15) is 0 Å². The molecule has 1 aliphatic carbocycles. The largest absolute Gasteiger partial charge is 0.291 e. The fourth-order valence-corrected chi connectivity index (χ4v) is 1.81. The minimum atomic E-state index is -0.172. The van der Waals surface area contributed by atoms with Crippen LogP contribution in [0, 0.1) is 5.92 Å². The van der Waals surface area contributed by atoms with Gasteiger partial charge in [0.1, 0.15) is 0 Å². The summed E-state index contributed by atoms with van der Waals surface area (Å²) in [6.07, 6.45) is 10.9. The van der Waals surface area contributed by atoms with Gasteiger partial charge in [0.2, 0.25) is 5.78 Å². The zero-order valence-electron chi connectivity index (χ0n) is 11.3. The fraction of sp³-hybridized carbons (Fsp3) is 0.733. The van der Waals surface area contributed by atoms with Crippen LogP contribution in [0.5, 0.6) is 0 Å². The van der Waals surface area contributed by atoms with E-state index >= 15 is 0 Å². The molecule has 0 aromatic carbocycles. The lowest BCUT2D eigenvalue weighted by atomic mass is 9.89. The Morgan fingerprint density at radius 2 is 2.00 bits per heavy atom. The van der Waals surface area contributed by atoms with Gasteiger partial charge in [-0.15, -0.1) is 6.58 Å². The lowest BCUT2D eigenvalue weighted by molar-refractivity contribution is -0.140.